The van der Waals surface area contributed by atoms with Crippen LogP contribution >= 0.6 is 0 Å². The van der Waals surface area contributed by atoms with Gasteiger partial charge in [0.05, 0.1) is 18.2 Å². The van der Waals surface area contributed by atoms with E-state index in [-0.39, 0.29) is 23.4 Å². The van der Waals surface area contributed by atoms with Gasteiger partial charge in [-0.1, -0.05) is 0 Å². The summed E-state index contributed by atoms with van der Waals surface area (Å²) in [5, 5.41) is 9.66. The fourth-order valence-electron chi connectivity index (χ4n) is 4.48. The van der Waals surface area contributed by atoms with Crippen LogP contribution in [0.25, 0.3) is 0 Å². The Morgan fingerprint density at radius 3 is 2.50 bits per heavy atom. The van der Waals surface area contributed by atoms with Crippen LogP contribution in [0, 0.1) is 0 Å². The quantitative estimate of drug-likeness (QED) is 0.713. The second-order valence-corrected chi connectivity index (χ2v) is 7.82. The Balaban J connectivity index is 1.60. The lowest BCUT2D eigenvalue weighted by Crippen LogP contribution is -2.72. The smallest absolute Gasteiger partial charge is 0.242 e. The largest absolute Gasteiger partial charge is 0.391 e. The van der Waals surface area contributed by atoms with Crippen molar-refractivity contribution in [3.8, 4) is 0 Å². The Kier molecular flexibility index (Phi) is 4.86. The molecule has 3 unspecified atom stereocenters. The molecule has 136 valence electrons. The highest BCUT2D eigenvalue weighted by Gasteiger charge is 2.55. The molecule has 3 atom stereocenters. The van der Waals surface area contributed by atoms with Gasteiger partial charge in [-0.2, -0.15) is 0 Å². The van der Waals surface area contributed by atoms with E-state index in [0.717, 1.165) is 51.9 Å². The van der Waals surface area contributed by atoms with E-state index in [4.69, 9.17) is 5.73 Å². The molecule has 7 nitrogen and oxygen atoms in total. The molecular formula is C17H30N4O3. The molecule has 0 aromatic rings. The summed E-state index contributed by atoms with van der Waals surface area (Å²) in [4.78, 5) is 30.9. The fourth-order valence-corrected chi connectivity index (χ4v) is 4.48. The summed E-state index contributed by atoms with van der Waals surface area (Å²) in [5.74, 6) is 0.0347. The number of nitrogens with zero attached hydrogens (tertiary/aromatic N) is 3. The Morgan fingerprint density at radius 2 is 1.92 bits per heavy atom. The molecule has 3 aliphatic rings. The van der Waals surface area contributed by atoms with Gasteiger partial charge in [-0.15, -0.1) is 0 Å². The number of carbonyl (C=O) groups is 2. The molecule has 7 heteroatoms. The molecule has 1 spiro atoms. The second kappa shape index (κ2) is 6.61. The van der Waals surface area contributed by atoms with Crippen LogP contribution in [-0.4, -0.2) is 88.1 Å². The number of nitrogens with two attached hydrogens (primary N) is 1. The van der Waals surface area contributed by atoms with Crippen LogP contribution in [0.1, 0.15) is 39.5 Å². The minimum absolute atomic E-state index is 0.138. The van der Waals surface area contributed by atoms with Gasteiger partial charge in [0, 0.05) is 32.2 Å². The third-order valence-corrected chi connectivity index (χ3v) is 5.88. The van der Waals surface area contributed by atoms with Crippen LogP contribution in [0.3, 0.4) is 0 Å². The first-order valence-corrected chi connectivity index (χ1v) is 9.11. The van der Waals surface area contributed by atoms with Gasteiger partial charge in [0.15, 0.2) is 0 Å². The van der Waals surface area contributed by atoms with Gasteiger partial charge in [-0.05, 0) is 39.5 Å². The minimum atomic E-state index is -0.872. The van der Waals surface area contributed by atoms with Crippen LogP contribution in [0.5, 0.6) is 0 Å². The summed E-state index contributed by atoms with van der Waals surface area (Å²) in [6, 6.07) is -0.735. The lowest BCUT2D eigenvalue weighted by atomic mass is 9.86. The van der Waals surface area contributed by atoms with Crippen molar-refractivity contribution in [3.05, 3.63) is 0 Å². The van der Waals surface area contributed by atoms with Crippen LogP contribution in [0.15, 0.2) is 0 Å². The summed E-state index contributed by atoms with van der Waals surface area (Å²) >= 11 is 0. The van der Waals surface area contributed by atoms with Gasteiger partial charge in [0.1, 0.15) is 6.04 Å². The van der Waals surface area contributed by atoms with Gasteiger partial charge in [0.25, 0.3) is 0 Å². The zero-order valence-corrected chi connectivity index (χ0v) is 14.8. The number of carbonyl (C=O) groups excluding carboxylic acids is 2. The Hall–Kier alpha value is -1.18. The molecule has 0 saturated carbocycles. The molecule has 3 rings (SSSR count). The van der Waals surface area contributed by atoms with Crippen molar-refractivity contribution in [3.63, 3.8) is 0 Å². The monoisotopic (exact) mass is 338 g/mol. The topological polar surface area (TPSA) is 90.1 Å². The molecule has 24 heavy (non-hydrogen) atoms. The summed E-state index contributed by atoms with van der Waals surface area (Å²) in [7, 11) is 0. The first-order valence-electron chi connectivity index (χ1n) is 9.11. The number of rotatable bonds is 4. The predicted octanol–water partition coefficient (Wildman–Crippen LogP) is -0.618. The van der Waals surface area contributed by atoms with Crippen molar-refractivity contribution in [1.82, 2.24) is 14.7 Å². The van der Waals surface area contributed by atoms with Crippen molar-refractivity contribution in [2.75, 3.05) is 32.7 Å². The molecule has 0 aliphatic carbocycles. The zero-order chi connectivity index (χ0) is 17.5. The average Bonchev–Trinajstić information content (AvgIpc) is 3.13. The van der Waals surface area contributed by atoms with E-state index in [1.54, 1.807) is 6.92 Å². The first kappa shape index (κ1) is 17.6. The highest BCUT2D eigenvalue weighted by Crippen LogP contribution is 2.41. The molecule has 3 saturated heterocycles. The lowest BCUT2D eigenvalue weighted by Gasteiger charge is -2.54. The molecule has 3 aliphatic heterocycles. The van der Waals surface area contributed by atoms with Crippen LogP contribution in [-0.2, 0) is 9.59 Å². The average molecular weight is 338 g/mol. The Morgan fingerprint density at radius 1 is 1.29 bits per heavy atom. The van der Waals surface area contributed by atoms with E-state index in [9.17, 15) is 14.7 Å². The minimum Gasteiger partial charge on any atom is -0.391 e. The number of likely N-dealkylation sites (tertiary alicyclic amines) is 3. The first-order chi connectivity index (χ1) is 11.3. The summed E-state index contributed by atoms with van der Waals surface area (Å²) in [6.45, 7) is 7.26. The van der Waals surface area contributed by atoms with Crippen LogP contribution in [0.2, 0.25) is 0 Å². The lowest BCUT2D eigenvalue weighted by molar-refractivity contribution is -0.150. The van der Waals surface area contributed by atoms with Gasteiger partial charge in [0.2, 0.25) is 11.8 Å². The maximum Gasteiger partial charge on any atom is 0.242 e. The van der Waals surface area contributed by atoms with Crippen molar-refractivity contribution in [2.24, 2.45) is 5.73 Å². The van der Waals surface area contributed by atoms with Crippen LogP contribution < -0.4 is 5.73 Å². The normalized spacial score (nSPS) is 28.9. The number of amides is 2. The molecule has 0 aromatic heterocycles. The van der Waals surface area contributed by atoms with E-state index in [1.807, 2.05) is 16.7 Å². The fraction of sp³-hybridized carbons (Fsp3) is 0.882. The summed E-state index contributed by atoms with van der Waals surface area (Å²) in [5.41, 5.74) is 5.68. The van der Waals surface area contributed by atoms with Crippen molar-refractivity contribution in [2.45, 2.75) is 63.3 Å². The third kappa shape index (κ3) is 3.05. The molecule has 3 fully saturated rings. The van der Waals surface area contributed by atoms with Crippen molar-refractivity contribution in [1.29, 1.82) is 0 Å². The van der Waals surface area contributed by atoms with Crippen LogP contribution in [0.4, 0.5) is 0 Å². The van der Waals surface area contributed by atoms with Crippen molar-refractivity contribution >= 4 is 11.8 Å². The summed E-state index contributed by atoms with van der Waals surface area (Å²) in [6.07, 6.45) is 3.25. The van der Waals surface area contributed by atoms with E-state index in [0.29, 0.717) is 6.54 Å². The van der Waals surface area contributed by atoms with Gasteiger partial charge < -0.3 is 20.6 Å². The number of hydrogen-bond donors (Lipinski definition) is 2. The molecule has 2 amide bonds. The molecular weight excluding hydrogens is 308 g/mol. The van der Waals surface area contributed by atoms with E-state index < -0.39 is 12.1 Å². The van der Waals surface area contributed by atoms with Gasteiger partial charge in [-0.25, -0.2) is 0 Å². The third-order valence-electron chi connectivity index (χ3n) is 5.88. The Labute approximate surface area is 143 Å². The number of aliphatic hydroxyl groups is 1. The molecule has 3 heterocycles. The number of aliphatic hydroxyl groups excluding tert-OH is 1. The molecule has 0 radical (unpaired) electrons. The standard InChI is InChI=1S/C17H30N4O3/c1-12-5-6-17(21(12)16(24)15(18)13(2)22)10-19(11-17)9-14(23)20-7-3-4-8-20/h12-13,15,22H,3-11,18H2,1-2H3. The maximum atomic E-state index is 12.7. The molecule has 0 bridgehead atoms. The predicted molar refractivity (Wildman–Crippen MR) is 90.2 cm³/mol. The zero-order valence-electron chi connectivity index (χ0n) is 14.8. The van der Waals surface area contributed by atoms with E-state index >= 15 is 0 Å². The van der Waals surface area contributed by atoms with E-state index in [2.05, 4.69) is 4.90 Å². The highest BCUT2D eigenvalue weighted by atomic mass is 16.3. The summed E-state index contributed by atoms with van der Waals surface area (Å²) < 4.78 is 0. The van der Waals surface area contributed by atoms with Crippen molar-refractivity contribution < 1.29 is 14.7 Å². The molecule has 3 N–H and O–H groups in total. The maximum absolute atomic E-state index is 12.7. The Bertz CT molecular complexity index is 498. The second-order valence-electron chi connectivity index (χ2n) is 7.82. The molecule has 0 aromatic carbocycles. The van der Waals surface area contributed by atoms with Gasteiger partial charge in [-0.3, -0.25) is 14.5 Å². The highest BCUT2D eigenvalue weighted by molar-refractivity contribution is 5.84. The SMILES string of the molecule is CC(O)C(N)C(=O)N1C(C)CCC12CN(CC(=O)N1CCCC1)C2. The number of hydrogen-bond acceptors (Lipinski definition) is 5. The van der Waals surface area contributed by atoms with Gasteiger partial charge >= 0.3 is 0 Å². The van der Waals surface area contributed by atoms with E-state index in [1.165, 1.54) is 0 Å².